The minimum atomic E-state index is -0.806. The highest BCUT2D eigenvalue weighted by molar-refractivity contribution is 5.93. The molecule has 0 saturated heterocycles. The fraction of sp³-hybridized carbons (Fsp3) is 0.0667. The third-order valence-corrected chi connectivity index (χ3v) is 2.94. The van der Waals surface area contributed by atoms with Crippen molar-refractivity contribution < 1.29 is 23.6 Å². The first-order valence-corrected chi connectivity index (χ1v) is 6.63. The lowest BCUT2D eigenvalue weighted by atomic mass is 10.2. The van der Waals surface area contributed by atoms with Gasteiger partial charge in [-0.15, -0.1) is 0 Å². The van der Waals surface area contributed by atoms with Gasteiger partial charge in [-0.2, -0.15) is 0 Å². The molecule has 0 atom stereocenters. The highest BCUT2D eigenvalue weighted by Gasteiger charge is 2.13. The lowest BCUT2D eigenvalue weighted by Crippen LogP contribution is -2.21. The highest BCUT2D eigenvalue weighted by atomic mass is 19.1. The van der Waals surface area contributed by atoms with Gasteiger partial charge in [0.1, 0.15) is 11.6 Å². The van der Waals surface area contributed by atoms with Crippen LogP contribution in [0.2, 0.25) is 0 Å². The smallest absolute Gasteiger partial charge is 0.271 e. The van der Waals surface area contributed by atoms with Gasteiger partial charge in [0.05, 0.1) is 10.6 Å². The van der Waals surface area contributed by atoms with Crippen LogP contribution in [0.5, 0.6) is 5.75 Å². The van der Waals surface area contributed by atoms with E-state index in [1.165, 1.54) is 24.3 Å². The van der Waals surface area contributed by atoms with Gasteiger partial charge in [-0.1, -0.05) is 0 Å². The third kappa shape index (κ3) is 4.26. The molecular formula is C15H12FN3O5. The number of halogens is 1. The Kier molecular flexibility index (Phi) is 5.05. The minimum Gasteiger partial charge on any atom is -0.484 e. The summed E-state index contributed by atoms with van der Waals surface area (Å²) in [5.74, 6) is -1.80. The predicted octanol–water partition coefficient (Wildman–Crippen LogP) is 1.85. The number of carbonyl (C=O) groups excluding carboxylic acids is 2. The Morgan fingerprint density at radius 1 is 1.21 bits per heavy atom. The highest BCUT2D eigenvalue weighted by Crippen LogP contribution is 2.21. The predicted molar refractivity (Wildman–Crippen MR) is 82.1 cm³/mol. The summed E-state index contributed by atoms with van der Waals surface area (Å²) >= 11 is 0. The Morgan fingerprint density at radius 2 is 1.88 bits per heavy atom. The molecule has 0 heterocycles. The van der Waals surface area contributed by atoms with Crippen molar-refractivity contribution in [2.45, 2.75) is 0 Å². The van der Waals surface area contributed by atoms with Crippen molar-refractivity contribution in [1.82, 2.24) is 0 Å². The van der Waals surface area contributed by atoms with E-state index in [1.54, 1.807) is 0 Å². The van der Waals surface area contributed by atoms with E-state index in [0.29, 0.717) is 5.75 Å². The zero-order valence-electron chi connectivity index (χ0n) is 12.2. The lowest BCUT2D eigenvalue weighted by Gasteiger charge is -2.08. The van der Waals surface area contributed by atoms with E-state index in [2.05, 4.69) is 5.32 Å². The summed E-state index contributed by atoms with van der Waals surface area (Å²) < 4.78 is 18.7. The SMILES string of the molecule is NC(=O)c1ccc(OCC(=O)Nc2cc([N+](=O)[O-])ccc2F)cc1. The zero-order chi connectivity index (χ0) is 17.7. The van der Waals surface area contributed by atoms with Gasteiger partial charge in [-0.3, -0.25) is 19.7 Å². The number of non-ortho nitro benzene ring substituents is 1. The first-order valence-electron chi connectivity index (χ1n) is 6.63. The molecule has 0 saturated carbocycles. The molecule has 3 N–H and O–H groups in total. The molecule has 8 nitrogen and oxygen atoms in total. The number of primary amides is 1. The van der Waals surface area contributed by atoms with E-state index in [9.17, 15) is 24.1 Å². The van der Waals surface area contributed by atoms with Gasteiger partial charge >= 0.3 is 0 Å². The molecular weight excluding hydrogens is 321 g/mol. The van der Waals surface area contributed by atoms with Crippen molar-refractivity contribution >= 4 is 23.2 Å². The third-order valence-electron chi connectivity index (χ3n) is 2.94. The minimum absolute atomic E-state index is 0.283. The normalized spacial score (nSPS) is 10.0. The largest absolute Gasteiger partial charge is 0.484 e. The second kappa shape index (κ2) is 7.18. The van der Waals surface area contributed by atoms with Crippen LogP contribution in [0.4, 0.5) is 15.8 Å². The van der Waals surface area contributed by atoms with Gasteiger partial charge in [0.25, 0.3) is 11.6 Å². The first kappa shape index (κ1) is 16.9. The molecule has 2 aromatic rings. The average molecular weight is 333 g/mol. The number of benzene rings is 2. The van der Waals surface area contributed by atoms with Crippen LogP contribution in [0.1, 0.15) is 10.4 Å². The summed E-state index contributed by atoms with van der Waals surface area (Å²) in [6, 6.07) is 8.53. The Balaban J connectivity index is 1.97. The fourth-order valence-electron chi connectivity index (χ4n) is 1.77. The van der Waals surface area contributed by atoms with Crippen LogP contribution in [-0.2, 0) is 4.79 Å². The maximum Gasteiger partial charge on any atom is 0.271 e. The van der Waals surface area contributed by atoms with Gasteiger partial charge in [-0.05, 0) is 30.3 Å². The number of hydrogen-bond acceptors (Lipinski definition) is 5. The molecule has 0 aliphatic rings. The van der Waals surface area contributed by atoms with Crippen molar-refractivity contribution in [1.29, 1.82) is 0 Å². The molecule has 0 spiro atoms. The Labute approximate surface area is 135 Å². The summed E-state index contributed by atoms with van der Waals surface area (Å²) in [6.07, 6.45) is 0. The van der Waals surface area contributed by atoms with Gasteiger partial charge in [0, 0.05) is 17.7 Å². The molecule has 124 valence electrons. The van der Waals surface area contributed by atoms with Crippen LogP contribution in [0.15, 0.2) is 42.5 Å². The van der Waals surface area contributed by atoms with Crippen LogP contribution in [0, 0.1) is 15.9 Å². The summed E-state index contributed by atoms with van der Waals surface area (Å²) in [7, 11) is 0. The molecule has 0 aliphatic carbocycles. The Morgan fingerprint density at radius 3 is 2.46 bits per heavy atom. The zero-order valence-corrected chi connectivity index (χ0v) is 12.2. The van der Waals surface area contributed by atoms with Crippen LogP contribution < -0.4 is 15.8 Å². The van der Waals surface area contributed by atoms with Crippen molar-refractivity contribution in [2.24, 2.45) is 5.73 Å². The number of carbonyl (C=O) groups is 2. The number of anilines is 1. The van der Waals surface area contributed by atoms with Crippen LogP contribution in [-0.4, -0.2) is 23.3 Å². The lowest BCUT2D eigenvalue weighted by molar-refractivity contribution is -0.384. The van der Waals surface area contributed by atoms with E-state index < -0.39 is 29.2 Å². The molecule has 0 aliphatic heterocycles. The molecule has 0 unspecified atom stereocenters. The molecule has 0 fully saturated rings. The molecule has 24 heavy (non-hydrogen) atoms. The van der Waals surface area contributed by atoms with Crippen LogP contribution in [0.25, 0.3) is 0 Å². The van der Waals surface area contributed by atoms with Gasteiger partial charge in [-0.25, -0.2) is 4.39 Å². The topological polar surface area (TPSA) is 125 Å². The molecule has 0 bridgehead atoms. The van der Waals surface area contributed by atoms with E-state index in [-0.39, 0.29) is 16.9 Å². The summed E-state index contributed by atoms with van der Waals surface area (Å²) in [6.45, 7) is -0.446. The van der Waals surface area contributed by atoms with Crippen molar-refractivity contribution in [3.63, 3.8) is 0 Å². The van der Waals surface area contributed by atoms with E-state index in [0.717, 1.165) is 18.2 Å². The molecule has 0 aromatic heterocycles. The standard InChI is InChI=1S/C15H12FN3O5/c16-12-6-3-10(19(22)23)7-13(12)18-14(20)8-24-11-4-1-9(2-5-11)15(17)21/h1-7H,8H2,(H2,17,21)(H,18,20). The van der Waals surface area contributed by atoms with E-state index in [4.69, 9.17) is 10.5 Å². The Bertz CT molecular complexity index is 792. The van der Waals surface area contributed by atoms with Crippen molar-refractivity contribution in [3.8, 4) is 5.75 Å². The number of rotatable bonds is 6. The van der Waals surface area contributed by atoms with Crippen molar-refractivity contribution in [2.75, 3.05) is 11.9 Å². The molecule has 9 heteroatoms. The summed E-state index contributed by atoms with van der Waals surface area (Å²) in [4.78, 5) is 32.6. The van der Waals surface area contributed by atoms with Crippen LogP contribution in [0.3, 0.4) is 0 Å². The number of nitro benzene ring substituents is 1. The number of amides is 2. The Hall–Kier alpha value is -3.49. The molecule has 0 radical (unpaired) electrons. The summed E-state index contributed by atoms with van der Waals surface area (Å²) in [5, 5.41) is 12.8. The fourth-order valence-corrected chi connectivity index (χ4v) is 1.77. The number of nitrogens with zero attached hydrogens (tertiary/aromatic N) is 1. The van der Waals surface area contributed by atoms with Gasteiger partial charge < -0.3 is 15.8 Å². The maximum atomic E-state index is 13.6. The quantitative estimate of drug-likeness (QED) is 0.616. The molecule has 2 aromatic carbocycles. The van der Waals surface area contributed by atoms with E-state index >= 15 is 0 Å². The number of hydrogen-bond donors (Lipinski definition) is 2. The van der Waals surface area contributed by atoms with Crippen molar-refractivity contribution in [3.05, 3.63) is 64.0 Å². The molecule has 2 amide bonds. The van der Waals surface area contributed by atoms with Gasteiger partial charge in [0.15, 0.2) is 6.61 Å². The van der Waals surface area contributed by atoms with E-state index in [1.807, 2.05) is 0 Å². The second-order valence-corrected chi connectivity index (χ2v) is 4.65. The van der Waals surface area contributed by atoms with Gasteiger partial charge in [0.2, 0.25) is 5.91 Å². The number of nitrogens with one attached hydrogen (secondary N) is 1. The average Bonchev–Trinajstić information content (AvgIpc) is 2.55. The molecule has 2 rings (SSSR count). The first-order chi connectivity index (χ1) is 11.4. The number of ether oxygens (including phenoxy) is 1. The van der Waals surface area contributed by atoms with Crippen LogP contribution >= 0.6 is 0 Å². The number of nitrogens with two attached hydrogens (primary N) is 1. The summed E-state index contributed by atoms with van der Waals surface area (Å²) in [5.41, 5.74) is 4.71. The second-order valence-electron chi connectivity index (χ2n) is 4.65. The number of nitro groups is 1. The monoisotopic (exact) mass is 333 g/mol. The maximum absolute atomic E-state index is 13.6.